The molecule has 29 heavy (non-hydrogen) atoms. The SMILES string of the molecule is O=C(Nc1ccccc1-c1cc(Cl)ccc1Sc1ccccc1)c1ccccn1. The predicted molar refractivity (Wildman–Crippen MR) is 120 cm³/mol. The molecule has 0 fully saturated rings. The van der Waals surface area contributed by atoms with Crippen LogP contribution in [0.15, 0.2) is 107 Å². The van der Waals surface area contributed by atoms with Crippen LogP contribution >= 0.6 is 23.4 Å². The van der Waals surface area contributed by atoms with Crippen LogP contribution in [0.4, 0.5) is 5.69 Å². The van der Waals surface area contributed by atoms with E-state index in [2.05, 4.69) is 22.4 Å². The fraction of sp³-hybridized carbons (Fsp3) is 0. The fourth-order valence-corrected chi connectivity index (χ4v) is 4.06. The quantitative estimate of drug-likeness (QED) is 0.388. The van der Waals surface area contributed by atoms with Crippen molar-refractivity contribution in [3.05, 3.63) is 108 Å². The van der Waals surface area contributed by atoms with Gasteiger partial charge in [-0.2, -0.15) is 0 Å². The number of carbonyl (C=O) groups is 1. The second-order valence-electron chi connectivity index (χ2n) is 6.27. The van der Waals surface area contributed by atoms with Crippen LogP contribution in [-0.4, -0.2) is 10.9 Å². The summed E-state index contributed by atoms with van der Waals surface area (Å²) in [5.41, 5.74) is 2.94. The molecule has 1 amide bonds. The number of rotatable bonds is 5. The molecule has 5 heteroatoms. The largest absolute Gasteiger partial charge is 0.320 e. The van der Waals surface area contributed by atoms with Crippen LogP contribution in [0.2, 0.25) is 5.02 Å². The maximum absolute atomic E-state index is 12.6. The summed E-state index contributed by atoms with van der Waals surface area (Å²) in [5, 5.41) is 3.62. The molecule has 0 saturated carbocycles. The van der Waals surface area contributed by atoms with Gasteiger partial charge < -0.3 is 5.32 Å². The van der Waals surface area contributed by atoms with Gasteiger partial charge in [-0.05, 0) is 54.1 Å². The number of halogens is 1. The number of nitrogens with one attached hydrogen (secondary N) is 1. The number of anilines is 1. The minimum atomic E-state index is -0.252. The molecule has 4 aromatic rings. The third-order valence-electron chi connectivity index (χ3n) is 4.28. The highest BCUT2D eigenvalue weighted by molar-refractivity contribution is 7.99. The Hall–Kier alpha value is -3.08. The lowest BCUT2D eigenvalue weighted by Crippen LogP contribution is -2.14. The number of aromatic nitrogens is 1. The molecule has 3 aromatic carbocycles. The van der Waals surface area contributed by atoms with E-state index in [-0.39, 0.29) is 5.91 Å². The molecule has 0 aliphatic heterocycles. The topological polar surface area (TPSA) is 42.0 Å². The van der Waals surface area contributed by atoms with Crippen molar-refractivity contribution >= 4 is 35.0 Å². The van der Waals surface area contributed by atoms with Crippen LogP contribution < -0.4 is 5.32 Å². The van der Waals surface area contributed by atoms with E-state index in [4.69, 9.17) is 11.6 Å². The Morgan fingerprint density at radius 1 is 0.828 bits per heavy atom. The molecule has 142 valence electrons. The van der Waals surface area contributed by atoms with Gasteiger partial charge in [-0.3, -0.25) is 9.78 Å². The van der Waals surface area contributed by atoms with E-state index in [0.29, 0.717) is 16.4 Å². The molecular formula is C24H17ClN2OS. The van der Waals surface area contributed by atoms with Crippen LogP contribution in [0.1, 0.15) is 10.5 Å². The average Bonchev–Trinajstić information content (AvgIpc) is 2.77. The first-order valence-corrected chi connectivity index (χ1v) is 10.2. The summed E-state index contributed by atoms with van der Waals surface area (Å²) in [5.74, 6) is -0.252. The predicted octanol–water partition coefficient (Wildman–Crippen LogP) is 6.81. The lowest BCUT2D eigenvalue weighted by Gasteiger charge is -2.15. The molecule has 1 aromatic heterocycles. The lowest BCUT2D eigenvalue weighted by atomic mass is 10.0. The highest BCUT2D eigenvalue weighted by atomic mass is 35.5. The number of pyridine rings is 1. The Balaban J connectivity index is 1.72. The lowest BCUT2D eigenvalue weighted by molar-refractivity contribution is 0.102. The van der Waals surface area contributed by atoms with E-state index in [9.17, 15) is 4.79 Å². The Kier molecular flexibility index (Phi) is 5.94. The number of benzene rings is 3. The minimum Gasteiger partial charge on any atom is -0.320 e. The number of hydrogen-bond acceptors (Lipinski definition) is 3. The smallest absolute Gasteiger partial charge is 0.274 e. The van der Waals surface area contributed by atoms with E-state index >= 15 is 0 Å². The number of hydrogen-bond donors (Lipinski definition) is 1. The van der Waals surface area contributed by atoms with E-state index in [1.807, 2.05) is 60.7 Å². The molecule has 0 spiro atoms. The number of nitrogens with zero attached hydrogens (tertiary/aromatic N) is 1. The average molecular weight is 417 g/mol. The zero-order valence-electron chi connectivity index (χ0n) is 15.4. The normalized spacial score (nSPS) is 10.5. The van der Waals surface area contributed by atoms with Crippen molar-refractivity contribution in [2.75, 3.05) is 5.32 Å². The molecule has 3 nitrogen and oxygen atoms in total. The molecule has 0 bridgehead atoms. The molecule has 1 N–H and O–H groups in total. The Labute approximate surface area is 178 Å². The number of amides is 1. The maximum Gasteiger partial charge on any atom is 0.274 e. The molecule has 0 unspecified atom stereocenters. The third kappa shape index (κ3) is 4.67. The van der Waals surface area contributed by atoms with Gasteiger partial charge >= 0.3 is 0 Å². The van der Waals surface area contributed by atoms with Gasteiger partial charge in [-0.15, -0.1) is 0 Å². The highest BCUT2D eigenvalue weighted by Gasteiger charge is 2.14. The number of para-hydroxylation sites is 1. The fourth-order valence-electron chi connectivity index (χ4n) is 2.93. The van der Waals surface area contributed by atoms with Gasteiger partial charge in [0, 0.05) is 32.3 Å². The second-order valence-corrected chi connectivity index (χ2v) is 7.82. The zero-order chi connectivity index (χ0) is 20.1. The first-order valence-electron chi connectivity index (χ1n) is 9.05. The monoisotopic (exact) mass is 416 g/mol. The molecular weight excluding hydrogens is 400 g/mol. The molecule has 0 radical (unpaired) electrons. The molecule has 0 aliphatic carbocycles. The summed E-state index contributed by atoms with van der Waals surface area (Å²) in [6, 6.07) is 28.9. The van der Waals surface area contributed by atoms with Crippen LogP contribution in [-0.2, 0) is 0 Å². The van der Waals surface area contributed by atoms with Crippen molar-refractivity contribution in [1.29, 1.82) is 0 Å². The second kappa shape index (κ2) is 8.95. The highest BCUT2D eigenvalue weighted by Crippen LogP contribution is 2.40. The zero-order valence-corrected chi connectivity index (χ0v) is 17.0. The van der Waals surface area contributed by atoms with Gasteiger partial charge in [-0.25, -0.2) is 0 Å². The third-order valence-corrected chi connectivity index (χ3v) is 5.59. The standard InChI is InChI=1S/C24H17ClN2OS/c25-17-13-14-23(29-18-8-2-1-3-9-18)20(16-17)19-10-4-5-11-21(19)27-24(28)22-12-6-7-15-26-22/h1-16H,(H,27,28). The van der Waals surface area contributed by atoms with Crippen LogP contribution in [0.25, 0.3) is 11.1 Å². The Bertz CT molecular complexity index is 1130. The van der Waals surface area contributed by atoms with E-state index in [0.717, 1.165) is 20.9 Å². The van der Waals surface area contributed by atoms with Crippen molar-refractivity contribution in [1.82, 2.24) is 4.98 Å². The molecule has 0 saturated heterocycles. The van der Waals surface area contributed by atoms with Gasteiger partial charge in [-0.1, -0.05) is 65.8 Å². The minimum absolute atomic E-state index is 0.252. The van der Waals surface area contributed by atoms with Gasteiger partial charge in [0.05, 0.1) is 0 Å². The summed E-state index contributed by atoms with van der Waals surface area (Å²) in [6.45, 7) is 0. The van der Waals surface area contributed by atoms with Crippen molar-refractivity contribution in [3.63, 3.8) is 0 Å². The van der Waals surface area contributed by atoms with Crippen LogP contribution in [0.5, 0.6) is 0 Å². The summed E-state index contributed by atoms with van der Waals surface area (Å²) >= 11 is 7.98. The summed E-state index contributed by atoms with van der Waals surface area (Å²) in [4.78, 5) is 18.9. The maximum atomic E-state index is 12.6. The molecule has 0 atom stereocenters. The summed E-state index contributed by atoms with van der Waals surface area (Å²) in [6.07, 6.45) is 1.60. The van der Waals surface area contributed by atoms with Gasteiger partial charge in [0.2, 0.25) is 0 Å². The van der Waals surface area contributed by atoms with E-state index in [1.54, 1.807) is 36.2 Å². The Morgan fingerprint density at radius 2 is 1.59 bits per heavy atom. The van der Waals surface area contributed by atoms with Gasteiger partial charge in [0.1, 0.15) is 5.69 Å². The molecule has 1 heterocycles. The summed E-state index contributed by atoms with van der Waals surface area (Å²) in [7, 11) is 0. The Morgan fingerprint density at radius 3 is 2.38 bits per heavy atom. The van der Waals surface area contributed by atoms with E-state index < -0.39 is 0 Å². The van der Waals surface area contributed by atoms with Gasteiger partial charge in [0.15, 0.2) is 0 Å². The van der Waals surface area contributed by atoms with Gasteiger partial charge in [0.25, 0.3) is 5.91 Å². The van der Waals surface area contributed by atoms with Crippen molar-refractivity contribution in [2.45, 2.75) is 9.79 Å². The van der Waals surface area contributed by atoms with E-state index in [1.165, 1.54) is 0 Å². The number of carbonyl (C=O) groups excluding carboxylic acids is 1. The van der Waals surface area contributed by atoms with Crippen molar-refractivity contribution < 1.29 is 4.79 Å². The van der Waals surface area contributed by atoms with Crippen molar-refractivity contribution in [2.24, 2.45) is 0 Å². The van der Waals surface area contributed by atoms with Crippen LogP contribution in [0, 0.1) is 0 Å². The molecule has 4 rings (SSSR count). The first kappa shape index (κ1) is 19.2. The first-order chi connectivity index (χ1) is 14.2. The summed E-state index contributed by atoms with van der Waals surface area (Å²) < 4.78 is 0. The van der Waals surface area contributed by atoms with Crippen LogP contribution in [0.3, 0.4) is 0 Å². The van der Waals surface area contributed by atoms with Crippen molar-refractivity contribution in [3.8, 4) is 11.1 Å². The molecule has 0 aliphatic rings.